The summed E-state index contributed by atoms with van der Waals surface area (Å²) >= 11 is 1.17. The van der Waals surface area contributed by atoms with Gasteiger partial charge in [-0.05, 0) is 44.5 Å². The Balaban J connectivity index is 1.27. The zero-order valence-electron chi connectivity index (χ0n) is 17.5. The number of Topliss-reactive ketones (excluding diaryl/α,β-unsaturated/α-hetero) is 1. The van der Waals surface area contributed by atoms with Gasteiger partial charge in [0, 0.05) is 28.6 Å². The molecule has 5 rings (SSSR count). The lowest BCUT2D eigenvalue weighted by Crippen LogP contribution is -2.14. The van der Waals surface area contributed by atoms with Crippen LogP contribution in [-0.2, 0) is 9.84 Å². The molecule has 0 saturated carbocycles. The van der Waals surface area contributed by atoms with Crippen molar-refractivity contribution in [2.45, 2.75) is 31.5 Å². The van der Waals surface area contributed by atoms with Crippen LogP contribution in [0.15, 0.2) is 33.9 Å². The van der Waals surface area contributed by atoms with Gasteiger partial charge < -0.3 is 18.5 Å². The largest absolute Gasteiger partial charge is 0.454 e. The molecule has 0 radical (unpaired) electrons. The van der Waals surface area contributed by atoms with Gasteiger partial charge in [-0.15, -0.1) is 10.2 Å². The van der Waals surface area contributed by atoms with Crippen molar-refractivity contribution in [3.8, 4) is 23.0 Å². The number of ether oxygens (including phenoxy) is 2. The Kier molecular flexibility index (Phi) is 5.25. The van der Waals surface area contributed by atoms with Crippen molar-refractivity contribution in [2.24, 2.45) is 0 Å². The van der Waals surface area contributed by atoms with Crippen molar-refractivity contribution in [1.82, 2.24) is 14.8 Å². The first-order valence-electron chi connectivity index (χ1n) is 10.1. The van der Waals surface area contributed by atoms with Crippen LogP contribution in [0.5, 0.6) is 11.5 Å². The van der Waals surface area contributed by atoms with Crippen molar-refractivity contribution in [2.75, 3.05) is 24.1 Å². The third kappa shape index (κ3) is 3.90. The first-order chi connectivity index (χ1) is 15.3. The number of carbonyl (C=O) groups excluding carboxylic acids is 1. The second kappa shape index (κ2) is 7.96. The van der Waals surface area contributed by atoms with Crippen LogP contribution >= 0.6 is 11.8 Å². The molecule has 0 aliphatic carbocycles. The van der Waals surface area contributed by atoms with E-state index in [2.05, 4.69) is 10.2 Å². The van der Waals surface area contributed by atoms with Crippen molar-refractivity contribution in [3.05, 3.63) is 41.2 Å². The lowest BCUT2D eigenvalue weighted by Gasteiger charge is -2.16. The molecule has 11 heteroatoms. The monoisotopic (exact) mass is 475 g/mol. The van der Waals surface area contributed by atoms with Crippen LogP contribution in [0.25, 0.3) is 11.5 Å². The van der Waals surface area contributed by atoms with Gasteiger partial charge in [0.05, 0.1) is 17.3 Å². The Morgan fingerprint density at radius 2 is 2.00 bits per heavy atom. The lowest BCUT2D eigenvalue weighted by atomic mass is 10.2. The summed E-state index contributed by atoms with van der Waals surface area (Å²) in [4.78, 5) is 12.9. The minimum atomic E-state index is -3.01. The van der Waals surface area contributed by atoms with Crippen LogP contribution in [0, 0.1) is 13.8 Å². The van der Waals surface area contributed by atoms with Gasteiger partial charge in [0.1, 0.15) is 0 Å². The van der Waals surface area contributed by atoms with E-state index in [0.29, 0.717) is 40.2 Å². The Morgan fingerprint density at radius 1 is 1.19 bits per heavy atom. The highest BCUT2D eigenvalue weighted by atomic mass is 32.2. The van der Waals surface area contributed by atoms with Crippen LogP contribution < -0.4 is 9.47 Å². The van der Waals surface area contributed by atoms with Gasteiger partial charge in [0.15, 0.2) is 27.1 Å². The molecule has 0 amide bonds. The molecule has 0 unspecified atom stereocenters. The number of nitrogens with zero attached hydrogens (tertiary/aromatic N) is 3. The number of sulfone groups is 1. The fourth-order valence-electron chi connectivity index (χ4n) is 4.22. The van der Waals surface area contributed by atoms with E-state index in [-0.39, 0.29) is 35.9 Å². The van der Waals surface area contributed by atoms with Gasteiger partial charge in [0.2, 0.25) is 12.7 Å². The summed E-state index contributed by atoms with van der Waals surface area (Å²) in [7, 11) is -3.01. The Morgan fingerprint density at radius 3 is 2.78 bits per heavy atom. The van der Waals surface area contributed by atoms with E-state index in [4.69, 9.17) is 13.9 Å². The number of aromatic nitrogens is 3. The molecule has 0 spiro atoms. The van der Waals surface area contributed by atoms with Crippen LogP contribution in [0.3, 0.4) is 0 Å². The number of hydrogen-bond acceptors (Lipinski definition) is 9. The number of ketones is 1. The van der Waals surface area contributed by atoms with E-state index in [9.17, 15) is 13.2 Å². The van der Waals surface area contributed by atoms with Crippen LogP contribution in [0.4, 0.5) is 0 Å². The van der Waals surface area contributed by atoms with Crippen LogP contribution in [0.1, 0.15) is 34.2 Å². The fourth-order valence-corrected chi connectivity index (χ4v) is 6.57. The number of thioether (sulfide) groups is 1. The zero-order chi connectivity index (χ0) is 22.5. The van der Waals surface area contributed by atoms with Crippen molar-refractivity contribution in [3.63, 3.8) is 0 Å². The van der Waals surface area contributed by atoms with Crippen molar-refractivity contribution >= 4 is 27.4 Å². The lowest BCUT2D eigenvalue weighted by molar-refractivity contribution is 0.102. The number of fused-ring (bicyclic) bond motifs is 1. The minimum Gasteiger partial charge on any atom is -0.454 e. The molecule has 2 aliphatic rings. The summed E-state index contributed by atoms with van der Waals surface area (Å²) in [6.07, 6.45) is 0.575. The van der Waals surface area contributed by atoms with E-state index in [0.717, 1.165) is 11.4 Å². The van der Waals surface area contributed by atoms with Crippen LogP contribution in [0.2, 0.25) is 0 Å². The molecule has 2 aliphatic heterocycles. The highest BCUT2D eigenvalue weighted by Gasteiger charge is 2.31. The van der Waals surface area contributed by atoms with Gasteiger partial charge in [-0.1, -0.05) is 11.8 Å². The summed E-state index contributed by atoms with van der Waals surface area (Å²) in [5.41, 5.74) is 2.98. The number of rotatable bonds is 6. The van der Waals surface area contributed by atoms with E-state index in [1.807, 2.05) is 24.5 Å². The molecule has 0 bridgehead atoms. The van der Waals surface area contributed by atoms with E-state index in [1.54, 1.807) is 18.2 Å². The third-order valence-corrected chi connectivity index (χ3v) is 8.28. The standard InChI is InChI=1S/C21H21N3O6S2/c1-12-7-16(13(2)24(12)15-5-6-32(26,27)10-15)17(25)9-31-21-23-22-20(30-21)14-3-4-18-19(8-14)29-11-28-18/h3-4,7-8,15H,5-6,9-11H2,1-2H3/t15-/m1/s1. The number of hydrogen-bond donors (Lipinski definition) is 0. The van der Waals surface area contributed by atoms with Crippen molar-refractivity contribution in [1.29, 1.82) is 0 Å². The first-order valence-corrected chi connectivity index (χ1v) is 12.9. The maximum Gasteiger partial charge on any atom is 0.277 e. The molecule has 3 aromatic rings. The van der Waals surface area contributed by atoms with Gasteiger partial charge in [-0.2, -0.15) is 0 Å². The summed E-state index contributed by atoms with van der Waals surface area (Å²) in [5.74, 6) is 2.00. The molecular formula is C21H21N3O6S2. The third-order valence-electron chi connectivity index (χ3n) is 5.71. The van der Waals surface area contributed by atoms with E-state index < -0.39 is 9.84 Å². The van der Waals surface area contributed by atoms with Crippen molar-refractivity contribution < 1.29 is 27.1 Å². The summed E-state index contributed by atoms with van der Waals surface area (Å²) < 4.78 is 42.1. The predicted octanol–water partition coefficient (Wildman–Crippen LogP) is 3.22. The second-order valence-electron chi connectivity index (χ2n) is 7.86. The first kappa shape index (κ1) is 21.1. The summed E-state index contributed by atoms with van der Waals surface area (Å²) in [6.45, 7) is 3.95. The molecule has 1 saturated heterocycles. The van der Waals surface area contributed by atoms with Gasteiger partial charge in [-0.25, -0.2) is 8.42 Å². The summed E-state index contributed by atoms with van der Waals surface area (Å²) in [5, 5.41) is 8.38. The fraction of sp³-hybridized carbons (Fsp3) is 0.381. The zero-order valence-corrected chi connectivity index (χ0v) is 19.2. The molecule has 2 aromatic heterocycles. The Labute approximate surface area is 189 Å². The normalized spacial score (nSPS) is 18.9. The van der Waals surface area contributed by atoms with Gasteiger partial charge >= 0.3 is 0 Å². The molecule has 1 atom stereocenters. The molecule has 32 heavy (non-hydrogen) atoms. The molecule has 9 nitrogen and oxygen atoms in total. The molecule has 0 N–H and O–H groups in total. The van der Waals surface area contributed by atoms with E-state index >= 15 is 0 Å². The van der Waals surface area contributed by atoms with Crippen LogP contribution in [-0.4, -0.2) is 53.0 Å². The highest BCUT2D eigenvalue weighted by Crippen LogP contribution is 2.36. The molecule has 168 valence electrons. The summed E-state index contributed by atoms with van der Waals surface area (Å²) in [6, 6.07) is 7.07. The quantitative estimate of drug-likeness (QED) is 0.391. The average Bonchev–Trinajstić information content (AvgIpc) is 3.52. The van der Waals surface area contributed by atoms with Gasteiger partial charge in [0.25, 0.3) is 5.22 Å². The molecular weight excluding hydrogens is 454 g/mol. The molecule has 1 fully saturated rings. The highest BCUT2D eigenvalue weighted by molar-refractivity contribution is 7.99. The predicted molar refractivity (Wildman–Crippen MR) is 117 cm³/mol. The smallest absolute Gasteiger partial charge is 0.277 e. The van der Waals surface area contributed by atoms with Gasteiger partial charge in [-0.3, -0.25) is 4.79 Å². The molecule has 1 aromatic carbocycles. The Bertz CT molecular complexity index is 1310. The average molecular weight is 476 g/mol. The topological polar surface area (TPSA) is 114 Å². The Hall–Kier alpha value is -2.79. The SMILES string of the molecule is Cc1cc(C(=O)CSc2nnc(-c3ccc4c(c3)OCO4)o2)c(C)n1[C@@H]1CCS(=O)(=O)C1. The van der Waals surface area contributed by atoms with E-state index in [1.165, 1.54) is 11.8 Å². The number of aryl methyl sites for hydroxylation is 1. The maximum atomic E-state index is 12.9. The molecule has 4 heterocycles. The minimum absolute atomic E-state index is 0.0713. The second-order valence-corrected chi connectivity index (χ2v) is 11.0. The number of benzene rings is 1. The number of carbonyl (C=O) groups is 1. The maximum absolute atomic E-state index is 12.9.